The van der Waals surface area contributed by atoms with E-state index < -0.39 is 10.0 Å². The number of nitriles is 1. The summed E-state index contributed by atoms with van der Waals surface area (Å²) in [5.74, 6) is 0. The van der Waals surface area contributed by atoms with Crippen LogP contribution < -0.4 is 5.32 Å². The van der Waals surface area contributed by atoms with Crippen LogP contribution in [-0.2, 0) is 10.0 Å². The number of hydrogen-bond donors (Lipinski definition) is 1. The zero-order valence-corrected chi connectivity index (χ0v) is 11.3. The van der Waals surface area contributed by atoms with Gasteiger partial charge in [-0.3, -0.25) is 0 Å². The summed E-state index contributed by atoms with van der Waals surface area (Å²) in [6.07, 6.45) is 0. The number of benzene rings is 1. The fraction of sp³-hybridized carbons (Fsp3) is 0.364. The molecule has 0 spiro atoms. The van der Waals surface area contributed by atoms with Crippen molar-refractivity contribution >= 4 is 22.4 Å². The second-order valence-corrected chi connectivity index (χ2v) is 5.73. The molecule has 1 saturated heterocycles. The molecule has 0 amide bonds. The highest BCUT2D eigenvalue weighted by Gasteiger charge is 2.25. The first-order valence-corrected chi connectivity index (χ1v) is 6.79. The summed E-state index contributed by atoms with van der Waals surface area (Å²) in [6, 6.07) is 8.07. The minimum absolute atomic E-state index is 0. The van der Waals surface area contributed by atoms with Crippen molar-refractivity contribution in [3.8, 4) is 6.07 Å². The van der Waals surface area contributed by atoms with Crippen molar-refractivity contribution in [3.05, 3.63) is 29.8 Å². The molecule has 0 saturated carbocycles. The van der Waals surface area contributed by atoms with Gasteiger partial charge in [0.2, 0.25) is 10.0 Å². The van der Waals surface area contributed by atoms with E-state index in [1.165, 1.54) is 16.4 Å². The van der Waals surface area contributed by atoms with E-state index in [1.54, 1.807) is 12.1 Å². The number of hydrogen-bond acceptors (Lipinski definition) is 4. The van der Waals surface area contributed by atoms with Gasteiger partial charge in [-0.15, -0.1) is 12.4 Å². The predicted molar refractivity (Wildman–Crippen MR) is 70.0 cm³/mol. The lowest BCUT2D eigenvalue weighted by molar-refractivity contribution is 0.360. The fourth-order valence-electron chi connectivity index (χ4n) is 1.76. The van der Waals surface area contributed by atoms with Gasteiger partial charge < -0.3 is 5.32 Å². The van der Waals surface area contributed by atoms with Gasteiger partial charge in [-0.2, -0.15) is 9.57 Å². The smallest absolute Gasteiger partial charge is 0.243 e. The van der Waals surface area contributed by atoms with Crippen LogP contribution in [0.5, 0.6) is 0 Å². The molecule has 0 aromatic heterocycles. The molecule has 1 heterocycles. The van der Waals surface area contributed by atoms with E-state index >= 15 is 0 Å². The number of sulfonamides is 1. The topological polar surface area (TPSA) is 73.2 Å². The number of rotatable bonds is 2. The fourth-order valence-corrected chi connectivity index (χ4v) is 3.25. The van der Waals surface area contributed by atoms with Crippen LogP contribution in [0.3, 0.4) is 0 Å². The third-order valence-electron chi connectivity index (χ3n) is 2.68. The molecular weight excluding hydrogens is 274 g/mol. The molecule has 1 N–H and O–H groups in total. The van der Waals surface area contributed by atoms with Gasteiger partial charge in [0, 0.05) is 26.2 Å². The summed E-state index contributed by atoms with van der Waals surface area (Å²) in [5, 5.41) is 11.9. The Morgan fingerprint density at radius 1 is 1.28 bits per heavy atom. The van der Waals surface area contributed by atoms with Crippen LogP contribution in [0.15, 0.2) is 29.2 Å². The molecule has 1 aromatic carbocycles. The first-order chi connectivity index (χ1) is 8.14. The van der Waals surface area contributed by atoms with Gasteiger partial charge in [0.15, 0.2) is 0 Å². The predicted octanol–water partition coefficient (Wildman–Crippen LogP) is 0.574. The maximum absolute atomic E-state index is 12.2. The summed E-state index contributed by atoms with van der Waals surface area (Å²) in [6.45, 7) is 2.27. The van der Waals surface area contributed by atoms with E-state index in [4.69, 9.17) is 5.26 Å². The molecule has 1 aromatic rings. The molecule has 18 heavy (non-hydrogen) atoms. The normalized spacial score (nSPS) is 16.6. The molecule has 7 heteroatoms. The van der Waals surface area contributed by atoms with Crippen molar-refractivity contribution in [2.45, 2.75) is 4.90 Å². The Morgan fingerprint density at radius 2 is 1.94 bits per heavy atom. The Morgan fingerprint density at radius 3 is 2.56 bits per heavy atom. The van der Waals surface area contributed by atoms with Crippen molar-refractivity contribution in [2.75, 3.05) is 26.2 Å². The van der Waals surface area contributed by atoms with Gasteiger partial charge in [0.25, 0.3) is 0 Å². The molecule has 0 atom stereocenters. The molecule has 1 aliphatic heterocycles. The van der Waals surface area contributed by atoms with Gasteiger partial charge in [-0.05, 0) is 18.2 Å². The molecule has 0 radical (unpaired) electrons. The van der Waals surface area contributed by atoms with Gasteiger partial charge in [-0.1, -0.05) is 6.07 Å². The zero-order chi connectivity index (χ0) is 12.3. The van der Waals surface area contributed by atoms with Crippen molar-refractivity contribution in [3.63, 3.8) is 0 Å². The molecule has 1 fully saturated rings. The van der Waals surface area contributed by atoms with Crippen LogP contribution in [0.2, 0.25) is 0 Å². The summed E-state index contributed by atoms with van der Waals surface area (Å²) in [5.41, 5.74) is 0.362. The Labute approximate surface area is 113 Å². The largest absolute Gasteiger partial charge is 0.314 e. The van der Waals surface area contributed by atoms with Gasteiger partial charge >= 0.3 is 0 Å². The van der Waals surface area contributed by atoms with Crippen molar-refractivity contribution in [2.24, 2.45) is 0 Å². The molecule has 98 valence electrons. The lowest BCUT2D eigenvalue weighted by Gasteiger charge is -2.26. The maximum atomic E-state index is 12.2. The number of nitrogens with zero attached hydrogens (tertiary/aromatic N) is 2. The van der Waals surface area contributed by atoms with E-state index in [-0.39, 0.29) is 17.3 Å². The number of nitrogens with one attached hydrogen (secondary N) is 1. The molecule has 5 nitrogen and oxygen atoms in total. The highest BCUT2D eigenvalue weighted by molar-refractivity contribution is 7.89. The monoisotopic (exact) mass is 287 g/mol. The zero-order valence-electron chi connectivity index (χ0n) is 9.67. The van der Waals surface area contributed by atoms with E-state index in [9.17, 15) is 8.42 Å². The Bertz CT molecular complexity index is 548. The van der Waals surface area contributed by atoms with E-state index in [2.05, 4.69) is 5.32 Å². The number of piperazine rings is 1. The second kappa shape index (κ2) is 6.16. The second-order valence-electron chi connectivity index (χ2n) is 3.79. The van der Waals surface area contributed by atoms with Crippen molar-refractivity contribution < 1.29 is 8.42 Å². The summed E-state index contributed by atoms with van der Waals surface area (Å²) >= 11 is 0. The molecule has 1 aliphatic rings. The molecule has 0 bridgehead atoms. The Kier molecular flexibility index (Phi) is 5.11. The van der Waals surface area contributed by atoms with Gasteiger partial charge in [0.05, 0.1) is 16.5 Å². The van der Waals surface area contributed by atoms with E-state index in [0.29, 0.717) is 31.7 Å². The maximum Gasteiger partial charge on any atom is 0.243 e. The van der Waals surface area contributed by atoms with Crippen LogP contribution in [0.1, 0.15) is 5.56 Å². The molecule has 0 aliphatic carbocycles. The van der Waals surface area contributed by atoms with Crippen LogP contribution in [0.4, 0.5) is 0 Å². The van der Waals surface area contributed by atoms with Gasteiger partial charge in [0.1, 0.15) is 0 Å². The third kappa shape index (κ3) is 3.00. The van der Waals surface area contributed by atoms with Gasteiger partial charge in [-0.25, -0.2) is 8.42 Å². The Hall–Kier alpha value is -1.13. The SMILES string of the molecule is Cl.N#Cc1cccc(S(=O)(=O)N2CCNCC2)c1. The van der Waals surface area contributed by atoms with Crippen LogP contribution in [0, 0.1) is 11.3 Å². The van der Waals surface area contributed by atoms with E-state index in [1.807, 2.05) is 6.07 Å². The third-order valence-corrected chi connectivity index (χ3v) is 4.57. The average Bonchev–Trinajstić information content (AvgIpc) is 2.40. The summed E-state index contributed by atoms with van der Waals surface area (Å²) in [7, 11) is -3.45. The van der Waals surface area contributed by atoms with Crippen LogP contribution in [-0.4, -0.2) is 38.9 Å². The molecular formula is C11H14ClN3O2S. The van der Waals surface area contributed by atoms with Crippen molar-refractivity contribution in [1.29, 1.82) is 5.26 Å². The first-order valence-electron chi connectivity index (χ1n) is 5.35. The summed E-state index contributed by atoms with van der Waals surface area (Å²) < 4.78 is 25.9. The minimum atomic E-state index is -3.45. The molecule has 0 unspecified atom stereocenters. The lowest BCUT2D eigenvalue weighted by atomic mass is 10.2. The minimum Gasteiger partial charge on any atom is -0.314 e. The molecule has 2 rings (SSSR count). The standard InChI is InChI=1S/C11H13N3O2S.ClH/c12-9-10-2-1-3-11(8-10)17(15,16)14-6-4-13-5-7-14;/h1-3,8,13H,4-7H2;1H. The van der Waals surface area contributed by atoms with Crippen LogP contribution >= 0.6 is 12.4 Å². The Balaban J connectivity index is 0.00000162. The van der Waals surface area contributed by atoms with Crippen LogP contribution in [0.25, 0.3) is 0 Å². The highest BCUT2D eigenvalue weighted by atomic mass is 35.5. The number of halogens is 1. The summed E-state index contributed by atoms with van der Waals surface area (Å²) in [4.78, 5) is 0.193. The van der Waals surface area contributed by atoms with E-state index in [0.717, 1.165) is 0 Å². The first kappa shape index (κ1) is 14.9. The lowest BCUT2D eigenvalue weighted by Crippen LogP contribution is -2.46. The highest BCUT2D eigenvalue weighted by Crippen LogP contribution is 2.17. The average molecular weight is 288 g/mol. The quantitative estimate of drug-likeness (QED) is 0.863. The van der Waals surface area contributed by atoms with Crippen molar-refractivity contribution in [1.82, 2.24) is 9.62 Å².